The third-order valence-electron chi connectivity index (χ3n) is 3.26. The second-order valence-corrected chi connectivity index (χ2v) is 4.51. The van der Waals surface area contributed by atoms with Crippen molar-refractivity contribution in [1.29, 1.82) is 0 Å². The second-order valence-electron chi connectivity index (χ2n) is 4.51. The van der Waals surface area contributed by atoms with Crippen LogP contribution in [0, 0.1) is 0 Å². The van der Waals surface area contributed by atoms with Crippen molar-refractivity contribution in [2.24, 2.45) is 0 Å². The Morgan fingerprint density at radius 1 is 1.28 bits per heavy atom. The third kappa shape index (κ3) is 2.94. The number of hydrogen-bond acceptors (Lipinski definition) is 3. The van der Waals surface area contributed by atoms with Gasteiger partial charge in [-0.15, -0.1) is 0 Å². The van der Waals surface area contributed by atoms with Crippen molar-refractivity contribution < 1.29 is 14.3 Å². The Hall–Kier alpha value is -1.71. The van der Waals surface area contributed by atoms with Gasteiger partial charge in [0.1, 0.15) is 0 Å². The number of nitrogens with zero attached hydrogens (tertiary/aromatic N) is 1. The van der Waals surface area contributed by atoms with Gasteiger partial charge in [0.15, 0.2) is 11.5 Å². The van der Waals surface area contributed by atoms with Crippen molar-refractivity contribution in [3.63, 3.8) is 0 Å². The fourth-order valence-corrected chi connectivity index (χ4v) is 2.02. The SMILES string of the molecule is COc1ccc(CCN(C=O)C2CC2)cc1OC. The summed E-state index contributed by atoms with van der Waals surface area (Å²) >= 11 is 0. The number of carbonyl (C=O) groups excluding carboxylic acids is 1. The molecule has 1 fully saturated rings. The number of methoxy groups -OCH3 is 2. The highest BCUT2D eigenvalue weighted by molar-refractivity contribution is 5.49. The first-order chi connectivity index (χ1) is 8.78. The van der Waals surface area contributed by atoms with Crippen LogP contribution in [0.3, 0.4) is 0 Å². The molecule has 0 heterocycles. The number of carbonyl (C=O) groups is 1. The van der Waals surface area contributed by atoms with E-state index in [2.05, 4.69) is 0 Å². The molecule has 1 saturated carbocycles. The van der Waals surface area contributed by atoms with Crippen LogP contribution in [0.5, 0.6) is 11.5 Å². The predicted molar refractivity (Wildman–Crippen MR) is 69.0 cm³/mol. The summed E-state index contributed by atoms with van der Waals surface area (Å²) in [7, 11) is 3.25. The van der Waals surface area contributed by atoms with Crippen LogP contribution >= 0.6 is 0 Å². The standard InChI is InChI=1S/C14H19NO3/c1-17-13-6-3-11(9-14(13)18-2)7-8-15(10-16)12-4-5-12/h3,6,9-10,12H,4-5,7-8H2,1-2H3. The molecule has 1 aromatic rings. The van der Waals surface area contributed by atoms with Gasteiger partial charge in [-0.05, 0) is 37.0 Å². The molecule has 0 saturated heterocycles. The van der Waals surface area contributed by atoms with E-state index < -0.39 is 0 Å². The Labute approximate surface area is 107 Å². The van der Waals surface area contributed by atoms with Gasteiger partial charge in [0.25, 0.3) is 0 Å². The van der Waals surface area contributed by atoms with Crippen molar-refractivity contribution in [3.8, 4) is 11.5 Å². The lowest BCUT2D eigenvalue weighted by Crippen LogP contribution is -2.26. The number of rotatable bonds is 7. The van der Waals surface area contributed by atoms with Gasteiger partial charge in [-0.3, -0.25) is 4.79 Å². The van der Waals surface area contributed by atoms with E-state index >= 15 is 0 Å². The van der Waals surface area contributed by atoms with Gasteiger partial charge >= 0.3 is 0 Å². The fourth-order valence-electron chi connectivity index (χ4n) is 2.02. The van der Waals surface area contributed by atoms with Crippen LogP contribution in [0.1, 0.15) is 18.4 Å². The molecule has 98 valence electrons. The van der Waals surface area contributed by atoms with Crippen molar-refractivity contribution in [3.05, 3.63) is 23.8 Å². The van der Waals surface area contributed by atoms with E-state index in [1.54, 1.807) is 14.2 Å². The van der Waals surface area contributed by atoms with Crippen LogP contribution in [0.15, 0.2) is 18.2 Å². The summed E-state index contributed by atoms with van der Waals surface area (Å²) < 4.78 is 10.5. The monoisotopic (exact) mass is 249 g/mol. The highest BCUT2D eigenvalue weighted by Crippen LogP contribution is 2.29. The van der Waals surface area contributed by atoms with Gasteiger partial charge in [0, 0.05) is 12.6 Å². The summed E-state index contributed by atoms with van der Waals surface area (Å²) in [6.45, 7) is 0.768. The maximum Gasteiger partial charge on any atom is 0.209 e. The zero-order chi connectivity index (χ0) is 13.0. The lowest BCUT2D eigenvalue weighted by Gasteiger charge is -2.16. The highest BCUT2D eigenvalue weighted by atomic mass is 16.5. The minimum absolute atomic E-state index is 0.475. The van der Waals surface area contributed by atoms with Crippen LogP contribution in [-0.2, 0) is 11.2 Å². The van der Waals surface area contributed by atoms with Gasteiger partial charge in [-0.25, -0.2) is 0 Å². The molecule has 0 aromatic heterocycles. The second kappa shape index (κ2) is 5.76. The molecule has 0 spiro atoms. The van der Waals surface area contributed by atoms with E-state index in [0.717, 1.165) is 49.3 Å². The maximum atomic E-state index is 10.9. The highest BCUT2D eigenvalue weighted by Gasteiger charge is 2.27. The zero-order valence-corrected chi connectivity index (χ0v) is 10.9. The quantitative estimate of drug-likeness (QED) is 0.692. The van der Waals surface area contributed by atoms with E-state index in [1.165, 1.54) is 0 Å². The summed E-state index contributed by atoms with van der Waals surface area (Å²) in [5.41, 5.74) is 1.15. The number of ether oxygens (including phenoxy) is 2. The van der Waals surface area contributed by atoms with Crippen molar-refractivity contribution in [2.75, 3.05) is 20.8 Å². The summed E-state index contributed by atoms with van der Waals surface area (Å²) in [4.78, 5) is 12.8. The first kappa shape index (κ1) is 12.7. The molecule has 1 aliphatic rings. The Morgan fingerprint density at radius 2 is 2.00 bits per heavy atom. The topological polar surface area (TPSA) is 38.8 Å². The average molecular weight is 249 g/mol. The Balaban J connectivity index is 1.98. The van der Waals surface area contributed by atoms with Crippen LogP contribution in [-0.4, -0.2) is 38.1 Å². The fraction of sp³-hybridized carbons (Fsp3) is 0.500. The van der Waals surface area contributed by atoms with Crippen molar-refractivity contribution in [1.82, 2.24) is 4.90 Å². The number of hydrogen-bond donors (Lipinski definition) is 0. The van der Waals surface area contributed by atoms with Gasteiger partial charge in [-0.2, -0.15) is 0 Å². The molecular weight excluding hydrogens is 230 g/mol. The van der Waals surface area contributed by atoms with E-state index in [1.807, 2.05) is 23.1 Å². The van der Waals surface area contributed by atoms with Gasteiger partial charge in [-0.1, -0.05) is 6.07 Å². The van der Waals surface area contributed by atoms with Gasteiger partial charge in [0.05, 0.1) is 14.2 Å². The minimum atomic E-state index is 0.475. The van der Waals surface area contributed by atoms with Gasteiger partial charge < -0.3 is 14.4 Å². The Morgan fingerprint density at radius 3 is 2.56 bits per heavy atom. The lowest BCUT2D eigenvalue weighted by atomic mass is 10.1. The molecule has 2 rings (SSSR count). The lowest BCUT2D eigenvalue weighted by molar-refractivity contribution is -0.118. The molecule has 1 aliphatic carbocycles. The summed E-state index contributed by atoms with van der Waals surface area (Å²) in [6.07, 6.45) is 4.09. The molecule has 0 atom stereocenters. The minimum Gasteiger partial charge on any atom is -0.493 e. The van der Waals surface area contributed by atoms with Crippen LogP contribution in [0.4, 0.5) is 0 Å². The maximum absolute atomic E-state index is 10.9. The largest absolute Gasteiger partial charge is 0.493 e. The van der Waals surface area contributed by atoms with Gasteiger partial charge in [0.2, 0.25) is 6.41 Å². The van der Waals surface area contributed by atoms with E-state index in [4.69, 9.17) is 9.47 Å². The Kier molecular flexibility index (Phi) is 4.07. The zero-order valence-electron chi connectivity index (χ0n) is 10.9. The summed E-state index contributed by atoms with van der Waals surface area (Å²) in [5, 5.41) is 0. The molecule has 4 heteroatoms. The number of amides is 1. The molecule has 0 radical (unpaired) electrons. The van der Waals surface area contributed by atoms with E-state index in [9.17, 15) is 4.79 Å². The molecule has 0 N–H and O–H groups in total. The molecule has 18 heavy (non-hydrogen) atoms. The first-order valence-electron chi connectivity index (χ1n) is 6.20. The smallest absolute Gasteiger partial charge is 0.209 e. The molecule has 4 nitrogen and oxygen atoms in total. The van der Waals surface area contributed by atoms with Crippen LogP contribution < -0.4 is 9.47 Å². The van der Waals surface area contributed by atoms with E-state index in [0.29, 0.717) is 6.04 Å². The average Bonchev–Trinajstić information content (AvgIpc) is 3.24. The number of benzene rings is 1. The summed E-state index contributed by atoms with van der Waals surface area (Å²) in [6, 6.07) is 6.35. The summed E-state index contributed by atoms with van der Waals surface area (Å²) in [5.74, 6) is 1.47. The van der Waals surface area contributed by atoms with Crippen molar-refractivity contribution in [2.45, 2.75) is 25.3 Å². The molecule has 0 aliphatic heterocycles. The molecule has 1 amide bonds. The molecule has 0 unspecified atom stereocenters. The molecular formula is C14H19NO3. The first-order valence-corrected chi connectivity index (χ1v) is 6.20. The molecule has 0 bridgehead atoms. The molecule has 1 aromatic carbocycles. The van der Waals surface area contributed by atoms with Crippen LogP contribution in [0.25, 0.3) is 0 Å². The third-order valence-corrected chi connectivity index (χ3v) is 3.26. The predicted octanol–water partition coefficient (Wildman–Crippen LogP) is 1.87. The van der Waals surface area contributed by atoms with E-state index in [-0.39, 0.29) is 0 Å². The Bertz CT molecular complexity index is 416. The van der Waals surface area contributed by atoms with Crippen LogP contribution in [0.2, 0.25) is 0 Å². The van der Waals surface area contributed by atoms with Crippen molar-refractivity contribution >= 4 is 6.41 Å². The normalized spacial score (nSPS) is 14.1.